The Balaban J connectivity index is 1.48. The molecule has 0 saturated carbocycles. The van der Waals surface area contributed by atoms with E-state index in [2.05, 4.69) is 11.4 Å². The lowest BCUT2D eigenvalue weighted by molar-refractivity contribution is -0.118. The minimum Gasteiger partial charge on any atom is -0.351 e. The first kappa shape index (κ1) is 21.4. The van der Waals surface area contributed by atoms with Crippen molar-refractivity contribution in [3.8, 4) is 0 Å². The Hall–Kier alpha value is -2.86. The topological polar surface area (TPSA) is 64.0 Å². The first-order valence-electron chi connectivity index (χ1n) is 10.8. The minimum absolute atomic E-state index is 0.0331. The summed E-state index contributed by atoms with van der Waals surface area (Å²) in [5.74, 6) is 0.151. The molecule has 0 bridgehead atoms. The van der Waals surface area contributed by atoms with Crippen LogP contribution in [0.25, 0.3) is 10.9 Å². The van der Waals surface area contributed by atoms with Gasteiger partial charge in [-0.05, 0) is 49.8 Å². The number of fused-ring (bicyclic) bond motifs is 1. The normalized spacial score (nSPS) is 13.7. The molecule has 1 N–H and O–H groups in total. The fourth-order valence-corrected chi connectivity index (χ4v) is 4.67. The molecular weight excluding hydrogens is 406 g/mol. The fraction of sp³-hybridized carbons (Fsp3) is 0.320. The van der Waals surface area contributed by atoms with Crippen LogP contribution >= 0.6 is 11.8 Å². The number of para-hydroxylation sites is 1. The van der Waals surface area contributed by atoms with Gasteiger partial charge in [-0.25, -0.2) is 4.98 Å². The third-order valence-electron chi connectivity index (χ3n) is 5.53. The van der Waals surface area contributed by atoms with Gasteiger partial charge in [0, 0.05) is 13.1 Å². The van der Waals surface area contributed by atoms with Gasteiger partial charge in [0.1, 0.15) is 0 Å². The number of aromatic nitrogens is 2. The molecule has 0 aliphatic heterocycles. The zero-order chi connectivity index (χ0) is 21.5. The largest absolute Gasteiger partial charge is 0.351 e. The molecule has 0 fully saturated rings. The van der Waals surface area contributed by atoms with Crippen molar-refractivity contribution in [1.82, 2.24) is 14.9 Å². The van der Waals surface area contributed by atoms with Crippen LogP contribution in [0.5, 0.6) is 0 Å². The van der Waals surface area contributed by atoms with Crippen molar-refractivity contribution in [2.45, 2.75) is 50.4 Å². The van der Waals surface area contributed by atoms with Crippen LogP contribution in [-0.2, 0) is 17.9 Å². The maximum atomic E-state index is 13.2. The van der Waals surface area contributed by atoms with Crippen molar-refractivity contribution in [3.05, 3.63) is 82.2 Å². The van der Waals surface area contributed by atoms with Crippen LogP contribution in [-0.4, -0.2) is 21.2 Å². The Morgan fingerprint density at radius 2 is 1.87 bits per heavy atom. The first-order chi connectivity index (χ1) is 15.2. The zero-order valence-electron chi connectivity index (χ0n) is 17.5. The lowest BCUT2D eigenvalue weighted by Crippen LogP contribution is -2.27. The van der Waals surface area contributed by atoms with Crippen LogP contribution in [0.15, 0.2) is 76.2 Å². The van der Waals surface area contributed by atoms with Crippen LogP contribution in [0.1, 0.15) is 37.7 Å². The number of amides is 1. The van der Waals surface area contributed by atoms with E-state index in [4.69, 9.17) is 4.98 Å². The maximum absolute atomic E-state index is 13.2. The molecule has 4 rings (SSSR count). The summed E-state index contributed by atoms with van der Waals surface area (Å²) in [6.45, 7) is 1.09. The predicted molar refractivity (Wildman–Crippen MR) is 126 cm³/mol. The Bertz CT molecular complexity index is 1140. The SMILES string of the molecule is O=C(CSc1nc2ccccc2c(=O)n1CCC1=CCCCC1)NCc1ccccc1. The second-order valence-electron chi connectivity index (χ2n) is 7.78. The van der Waals surface area contributed by atoms with E-state index in [-0.39, 0.29) is 17.2 Å². The summed E-state index contributed by atoms with van der Waals surface area (Å²) in [5.41, 5.74) is 3.12. The van der Waals surface area contributed by atoms with Gasteiger partial charge < -0.3 is 5.32 Å². The molecule has 0 unspecified atom stereocenters. The molecule has 0 atom stereocenters. The van der Waals surface area contributed by atoms with Gasteiger partial charge in [0.05, 0.1) is 16.7 Å². The van der Waals surface area contributed by atoms with Gasteiger partial charge in [0.15, 0.2) is 5.16 Å². The number of hydrogen-bond acceptors (Lipinski definition) is 4. The molecule has 1 heterocycles. The Morgan fingerprint density at radius 3 is 2.68 bits per heavy atom. The molecule has 3 aromatic rings. The first-order valence-corrected chi connectivity index (χ1v) is 11.8. The number of allylic oxidation sites excluding steroid dienone is 2. The highest BCUT2D eigenvalue weighted by atomic mass is 32.2. The third-order valence-corrected chi connectivity index (χ3v) is 6.51. The van der Waals surface area contributed by atoms with Gasteiger partial charge >= 0.3 is 0 Å². The van der Waals surface area contributed by atoms with Crippen LogP contribution in [0, 0.1) is 0 Å². The van der Waals surface area contributed by atoms with Crippen LogP contribution in [0.3, 0.4) is 0 Å². The van der Waals surface area contributed by atoms with E-state index >= 15 is 0 Å². The third kappa shape index (κ3) is 5.64. The standard InChI is InChI=1S/C25H27N3O2S/c29-23(26-17-20-11-5-2-6-12-20)18-31-25-27-22-14-8-7-13-21(22)24(30)28(25)16-15-19-9-3-1-4-10-19/h2,5-9,11-14H,1,3-4,10,15-18H2,(H,26,29). The summed E-state index contributed by atoms with van der Waals surface area (Å²) in [4.78, 5) is 30.3. The van der Waals surface area contributed by atoms with E-state index in [0.29, 0.717) is 29.1 Å². The van der Waals surface area contributed by atoms with E-state index in [1.807, 2.05) is 54.6 Å². The minimum atomic E-state index is -0.0715. The molecular formula is C25H27N3O2S. The Labute approximate surface area is 186 Å². The van der Waals surface area contributed by atoms with E-state index in [1.54, 1.807) is 4.57 Å². The number of carbonyl (C=O) groups excluding carboxylic acids is 1. The smallest absolute Gasteiger partial charge is 0.262 e. The maximum Gasteiger partial charge on any atom is 0.262 e. The van der Waals surface area contributed by atoms with Crippen molar-refractivity contribution in [1.29, 1.82) is 0 Å². The highest BCUT2D eigenvalue weighted by molar-refractivity contribution is 7.99. The monoisotopic (exact) mass is 433 g/mol. The summed E-state index contributed by atoms with van der Waals surface area (Å²) in [6, 6.07) is 17.2. The summed E-state index contributed by atoms with van der Waals surface area (Å²) < 4.78 is 1.74. The number of thioether (sulfide) groups is 1. The van der Waals surface area contributed by atoms with E-state index in [9.17, 15) is 9.59 Å². The van der Waals surface area contributed by atoms with Gasteiger partial charge in [-0.3, -0.25) is 14.2 Å². The fourth-order valence-electron chi connectivity index (χ4n) is 3.82. The highest BCUT2D eigenvalue weighted by Crippen LogP contribution is 2.23. The lowest BCUT2D eigenvalue weighted by Gasteiger charge is -2.16. The van der Waals surface area contributed by atoms with Gasteiger partial charge in [-0.2, -0.15) is 0 Å². The Kier molecular flexibility index (Phi) is 7.20. The molecule has 1 aromatic heterocycles. The molecule has 1 aliphatic rings. The average Bonchev–Trinajstić information content (AvgIpc) is 2.82. The number of benzene rings is 2. The second-order valence-corrected chi connectivity index (χ2v) is 8.72. The second kappa shape index (κ2) is 10.4. The summed E-state index contributed by atoms with van der Waals surface area (Å²) in [7, 11) is 0. The van der Waals surface area contributed by atoms with Gasteiger partial charge in [0.25, 0.3) is 5.56 Å². The van der Waals surface area contributed by atoms with Crippen LogP contribution in [0.4, 0.5) is 0 Å². The Morgan fingerprint density at radius 1 is 1.06 bits per heavy atom. The lowest BCUT2D eigenvalue weighted by atomic mass is 9.97. The van der Waals surface area contributed by atoms with Gasteiger partial charge in [-0.15, -0.1) is 0 Å². The summed E-state index contributed by atoms with van der Waals surface area (Å²) in [6.07, 6.45) is 7.88. The summed E-state index contributed by atoms with van der Waals surface area (Å²) >= 11 is 1.33. The van der Waals surface area contributed by atoms with Crippen LogP contribution < -0.4 is 10.9 Å². The van der Waals surface area contributed by atoms with Crippen molar-refractivity contribution >= 4 is 28.6 Å². The predicted octanol–water partition coefficient (Wildman–Crippen LogP) is 4.70. The van der Waals surface area contributed by atoms with Crippen molar-refractivity contribution < 1.29 is 4.79 Å². The molecule has 0 radical (unpaired) electrons. The van der Waals surface area contributed by atoms with Crippen molar-refractivity contribution in [2.24, 2.45) is 0 Å². The molecule has 0 saturated heterocycles. The van der Waals surface area contributed by atoms with Crippen LogP contribution in [0.2, 0.25) is 0 Å². The van der Waals surface area contributed by atoms with Gasteiger partial charge in [-0.1, -0.05) is 65.9 Å². The summed E-state index contributed by atoms with van der Waals surface area (Å²) in [5, 5.41) is 4.17. The average molecular weight is 434 g/mol. The number of nitrogens with one attached hydrogen (secondary N) is 1. The van der Waals surface area contributed by atoms with Crippen molar-refractivity contribution in [2.75, 3.05) is 5.75 Å². The highest BCUT2D eigenvalue weighted by Gasteiger charge is 2.14. The number of rotatable bonds is 8. The number of carbonyl (C=O) groups is 1. The van der Waals surface area contributed by atoms with Crippen molar-refractivity contribution in [3.63, 3.8) is 0 Å². The molecule has 1 aliphatic carbocycles. The molecule has 0 spiro atoms. The number of nitrogens with zero attached hydrogens (tertiary/aromatic N) is 2. The van der Waals surface area contributed by atoms with E-state index in [0.717, 1.165) is 24.8 Å². The van der Waals surface area contributed by atoms with Gasteiger partial charge in [0.2, 0.25) is 5.91 Å². The van der Waals surface area contributed by atoms with E-state index in [1.165, 1.54) is 30.2 Å². The zero-order valence-corrected chi connectivity index (χ0v) is 18.4. The molecule has 1 amide bonds. The number of hydrogen-bond donors (Lipinski definition) is 1. The molecule has 2 aromatic carbocycles. The molecule has 6 heteroatoms. The molecule has 5 nitrogen and oxygen atoms in total. The molecule has 31 heavy (non-hydrogen) atoms. The van der Waals surface area contributed by atoms with E-state index < -0.39 is 0 Å². The quantitative estimate of drug-likeness (QED) is 0.318. The molecule has 160 valence electrons.